The van der Waals surface area contributed by atoms with Gasteiger partial charge in [-0.25, -0.2) is 0 Å². The SMILES string of the molecule is COc1cc2nn([C@H]3CC[C@H](CC#N)CC3)cc2cc1NC(=O)c1cccc(C)[n+]1O. The molecule has 1 aromatic carbocycles. The van der Waals surface area contributed by atoms with Crippen LogP contribution >= 0.6 is 0 Å². The fraction of sp³-hybridized carbons (Fsp3) is 0.391. The number of pyridine rings is 1. The fourth-order valence-electron chi connectivity index (χ4n) is 4.24. The van der Waals surface area contributed by atoms with Crippen molar-refractivity contribution in [2.24, 2.45) is 5.92 Å². The van der Waals surface area contributed by atoms with Crippen LogP contribution in [0.25, 0.3) is 10.9 Å². The Kier molecular flexibility index (Phi) is 5.76. The summed E-state index contributed by atoms with van der Waals surface area (Å²) in [4.78, 5) is 12.7. The molecule has 31 heavy (non-hydrogen) atoms. The van der Waals surface area contributed by atoms with Crippen molar-refractivity contribution in [2.45, 2.75) is 45.1 Å². The summed E-state index contributed by atoms with van der Waals surface area (Å²) in [6.45, 7) is 1.71. The van der Waals surface area contributed by atoms with Gasteiger partial charge in [-0.05, 0) is 43.7 Å². The average Bonchev–Trinajstić information content (AvgIpc) is 3.18. The molecule has 0 saturated heterocycles. The molecular formula is C23H26N5O3+. The average molecular weight is 420 g/mol. The Labute approximate surface area is 180 Å². The normalized spacial score (nSPS) is 18.5. The van der Waals surface area contributed by atoms with E-state index in [0.717, 1.165) is 41.3 Å². The number of methoxy groups -OCH3 is 1. The van der Waals surface area contributed by atoms with E-state index in [4.69, 9.17) is 15.1 Å². The Morgan fingerprint density at radius 2 is 2.13 bits per heavy atom. The van der Waals surface area contributed by atoms with Crippen molar-refractivity contribution in [1.29, 1.82) is 5.26 Å². The number of hydrogen-bond acceptors (Lipinski definition) is 5. The lowest BCUT2D eigenvalue weighted by atomic mass is 9.84. The number of aryl methyl sites for hydroxylation is 1. The molecule has 2 aromatic heterocycles. The van der Waals surface area contributed by atoms with E-state index in [9.17, 15) is 10.0 Å². The van der Waals surface area contributed by atoms with Crippen LogP contribution in [0.4, 0.5) is 5.69 Å². The molecule has 2 N–H and O–H groups in total. The van der Waals surface area contributed by atoms with Crippen LogP contribution in [-0.2, 0) is 0 Å². The van der Waals surface area contributed by atoms with Gasteiger partial charge in [0.1, 0.15) is 5.75 Å². The second-order valence-corrected chi connectivity index (χ2v) is 8.08. The Morgan fingerprint density at radius 1 is 1.35 bits per heavy atom. The molecule has 0 unspecified atom stereocenters. The zero-order valence-electron chi connectivity index (χ0n) is 17.7. The summed E-state index contributed by atoms with van der Waals surface area (Å²) in [6, 6.07) is 11.2. The first-order valence-corrected chi connectivity index (χ1v) is 10.5. The number of ether oxygens (including phenoxy) is 1. The first-order chi connectivity index (χ1) is 15.0. The van der Waals surface area contributed by atoms with Crippen LogP contribution in [0.3, 0.4) is 0 Å². The van der Waals surface area contributed by atoms with Gasteiger partial charge in [0.2, 0.25) is 5.69 Å². The van der Waals surface area contributed by atoms with Crippen LogP contribution in [0.15, 0.2) is 36.5 Å². The number of amides is 1. The molecule has 1 aliphatic rings. The van der Waals surface area contributed by atoms with Crippen LogP contribution in [0, 0.1) is 24.2 Å². The third-order valence-electron chi connectivity index (χ3n) is 6.05. The summed E-state index contributed by atoms with van der Waals surface area (Å²) in [5.41, 5.74) is 1.99. The Morgan fingerprint density at radius 3 is 2.84 bits per heavy atom. The highest BCUT2D eigenvalue weighted by Crippen LogP contribution is 2.35. The molecule has 0 radical (unpaired) electrons. The van der Waals surface area contributed by atoms with Crippen molar-refractivity contribution in [1.82, 2.24) is 9.78 Å². The summed E-state index contributed by atoms with van der Waals surface area (Å²) < 4.78 is 8.34. The van der Waals surface area contributed by atoms with E-state index in [-0.39, 0.29) is 5.69 Å². The minimum atomic E-state index is -0.438. The fourth-order valence-corrected chi connectivity index (χ4v) is 4.24. The van der Waals surface area contributed by atoms with E-state index < -0.39 is 5.91 Å². The number of rotatable bonds is 5. The molecule has 0 bridgehead atoms. The minimum absolute atomic E-state index is 0.131. The van der Waals surface area contributed by atoms with Gasteiger partial charge < -0.3 is 10.1 Å². The zero-order chi connectivity index (χ0) is 22.0. The summed E-state index contributed by atoms with van der Waals surface area (Å²) >= 11 is 0. The molecular weight excluding hydrogens is 394 g/mol. The van der Waals surface area contributed by atoms with Gasteiger partial charge in [0.25, 0.3) is 0 Å². The van der Waals surface area contributed by atoms with Crippen molar-refractivity contribution in [3.8, 4) is 11.8 Å². The number of nitriles is 1. The van der Waals surface area contributed by atoms with Crippen molar-refractivity contribution in [3.63, 3.8) is 0 Å². The number of aromatic nitrogens is 3. The number of nitrogens with zero attached hydrogens (tertiary/aromatic N) is 4. The molecule has 1 aliphatic carbocycles. The quantitative estimate of drug-likeness (QED) is 0.483. The molecule has 0 atom stereocenters. The summed E-state index contributed by atoms with van der Waals surface area (Å²) in [5, 5.41) is 27.5. The van der Waals surface area contributed by atoms with Gasteiger partial charge in [-0.15, -0.1) is 0 Å². The van der Waals surface area contributed by atoms with Crippen LogP contribution < -0.4 is 14.8 Å². The largest absolute Gasteiger partial charge is 0.494 e. The number of anilines is 1. The molecule has 1 amide bonds. The number of hydrogen-bond donors (Lipinski definition) is 2. The van der Waals surface area contributed by atoms with Crippen molar-refractivity contribution < 1.29 is 19.5 Å². The Balaban J connectivity index is 1.58. The van der Waals surface area contributed by atoms with Gasteiger partial charge in [0.15, 0.2) is 0 Å². The lowest BCUT2D eigenvalue weighted by Gasteiger charge is -2.27. The van der Waals surface area contributed by atoms with E-state index in [2.05, 4.69) is 11.4 Å². The maximum Gasteiger partial charge on any atom is 0.325 e. The van der Waals surface area contributed by atoms with Crippen LogP contribution in [0.1, 0.15) is 54.3 Å². The first kappa shape index (κ1) is 20.7. The van der Waals surface area contributed by atoms with E-state index in [1.165, 1.54) is 0 Å². The predicted molar refractivity (Wildman–Crippen MR) is 114 cm³/mol. The van der Waals surface area contributed by atoms with Crippen LogP contribution in [0.2, 0.25) is 0 Å². The molecule has 8 heteroatoms. The molecule has 4 rings (SSSR count). The standard InChI is InChI=1S/C23H25N5O3/c1-15-4-3-5-21(28(15)30)23(29)25-20-12-17-14-27(26-19(17)13-22(20)31-2)18-8-6-16(7-9-18)10-11-24/h3-5,12-14,16,18H,6-10H2,1-2H3,(H-,25,29,30)/p+1/t16-,18-. The second-order valence-electron chi connectivity index (χ2n) is 8.08. The number of carbonyl (C=O) groups excluding carboxylic acids is 1. The highest BCUT2D eigenvalue weighted by molar-refractivity contribution is 6.04. The maximum absolute atomic E-state index is 12.7. The zero-order valence-corrected chi connectivity index (χ0v) is 17.7. The number of carbonyl (C=O) groups is 1. The van der Waals surface area contributed by atoms with E-state index in [0.29, 0.717) is 35.5 Å². The highest BCUT2D eigenvalue weighted by Gasteiger charge is 2.25. The summed E-state index contributed by atoms with van der Waals surface area (Å²) in [7, 11) is 1.54. The Hall–Kier alpha value is -3.60. The molecule has 0 aliphatic heterocycles. The van der Waals surface area contributed by atoms with Crippen molar-refractivity contribution >= 4 is 22.5 Å². The van der Waals surface area contributed by atoms with E-state index >= 15 is 0 Å². The van der Waals surface area contributed by atoms with Gasteiger partial charge in [0.05, 0.1) is 30.4 Å². The monoisotopic (exact) mass is 420 g/mol. The smallest absolute Gasteiger partial charge is 0.325 e. The first-order valence-electron chi connectivity index (χ1n) is 10.5. The lowest BCUT2D eigenvalue weighted by Crippen LogP contribution is -2.42. The molecule has 1 saturated carbocycles. The van der Waals surface area contributed by atoms with Gasteiger partial charge in [-0.1, -0.05) is 0 Å². The number of fused-ring (bicyclic) bond motifs is 1. The maximum atomic E-state index is 12.7. The van der Waals surface area contributed by atoms with Crippen LogP contribution in [-0.4, -0.2) is 28.0 Å². The van der Waals surface area contributed by atoms with Crippen molar-refractivity contribution in [2.75, 3.05) is 12.4 Å². The lowest BCUT2D eigenvalue weighted by molar-refractivity contribution is -0.909. The highest BCUT2D eigenvalue weighted by atomic mass is 16.5. The summed E-state index contributed by atoms with van der Waals surface area (Å²) in [5.74, 6) is 0.553. The third-order valence-corrected chi connectivity index (χ3v) is 6.05. The van der Waals surface area contributed by atoms with E-state index in [1.54, 1.807) is 32.2 Å². The molecule has 2 heterocycles. The topological polar surface area (TPSA) is 104 Å². The molecule has 8 nitrogen and oxygen atoms in total. The van der Waals surface area contributed by atoms with Crippen LogP contribution in [0.5, 0.6) is 5.75 Å². The predicted octanol–water partition coefficient (Wildman–Crippen LogP) is 3.78. The molecule has 3 aromatic rings. The molecule has 1 fully saturated rings. The molecule has 160 valence electrons. The second kappa shape index (κ2) is 8.64. The Bertz CT molecular complexity index is 1160. The molecule has 0 spiro atoms. The number of benzene rings is 1. The van der Waals surface area contributed by atoms with E-state index in [1.807, 2.05) is 23.0 Å². The summed E-state index contributed by atoms with van der Waals surface area (Å²) in [6.07, 6.45) is 6.71. The number of nitrogens with one attached hydrogen (secondary N) is 1. The third kappa shape index (κ3) is 4.17. The minimum Gasteiger partial charge on any atom is -0.494 e. The van der Waals surface area contributed by atoms with Gasteiger partial charge in [-0.2, -0.15) is 10.4 Å². The van der Waals surface area contributed by atoms with Gasteiger partial charge in [-0.3, -0.25) is 14.7 Å². The van der Waals surface area contributed by atoms with Gasteiger partial charge >= 0.3 is 11.6 Å². The van der Waals surface area contributed by atoms with Crippen molar-refractivity contribution in [3.05, 3.63) is 47.9 Å². The van der Waals surface area contributed by atoms with Gasteiger partial charge in [0, 0.05) is 47.9 Å².